The molecule has 0 spiro atoms. The molecule has 0 saturated heterocycles. The summed E-state index contributed by atoms with van der Waals surface area (Å²) >= 11 is 1.12. The zero-order valence-corrected chi connectivity index (χ0v) is 15.6. The Bertz CT molecular complexity index is 784. The Kier molecular flexibility index (Phi) is 6.15. The Morgan fingerprint density at radius 1 is 1.21 bits per heavy atom. The average Bonchev–Trinajstić information content (AvgIpc) is 3.05. The van der Waals surface area contributed by atoms with E-state index >= 15 is 0 Å². The van der Waals surface area contributed by atoms with E-state index in [1.165, 1.54) is 6.07 Å². The maximum absolute atomic E-state index is 12.5. The first-order valence-corrected chi connectivity index (χ1v) is 10.0. The van der Waals surface area contributed by atoms with Crippen LogP contribution in [0.25, 0.3) is 0 Å². The fourth-order valence-electron chi connectivity index (χ4n) is 2.26. The van der Waals surface area contributed by atoms with Gasteiger partial charge >= 0.3 is 0 Å². The molecule has 7 heteroatoms. The van der Waals surface area contributed by atoms with Crippen LogP contribution in [0.1, 0.15) is 25.0 Å². The zero-order valence-electron chi connectivity index (χ0n) is 13.9. The Labute approximate surface area is 147 Å². The van der Waals surface area contributed by atoms with Gasteiger partial charge < -0.3 is 5.32 Å². The van der Waals surface area contributed by atoms with E-state index in [9.17, 15) is 13.2 Å². The van der Waals surface area contributed by atoms with Crippen LogP contribution in [0.3, 0.4) is 0 Å². The fraction of sp³-hybridized carbons (Fsp3) is 0.353. The van der Waals surface area contributed by atoms with Crippen molar-refractivity contribution in [3.05, 3.63) is 52.9 Å². The number of hydrogen-bond acceptors (Lipinski definition) is 4. The second kappa shape index (κ2) is 7.92. The molecular formula is C17H22N2O3S2. The Morgan fingerprint density at radius 2 is 1.96 bits per heavy atom. The molecule has 24 heavy (non-hydrogen) atoms. The van der Waals surface area contributed by atoms with Gasteiger partial charge in [-0.2, -0.15) is 4.72 Å². The third kappa shape index (κ3) is 4.90. The molecule has 1 atom stereocenters. The van der Waals surface area contributed by atoms with Gasteiger partial charge in [0.05, 0.1) is 0 Å². The molecule has 0 bridgehead atoms. The van der Waals surface area contributed by atoms with Crippen molar-refractivity contribution < 1.29 is 13.2 Å². The van der Waals surface area contributed by atoms with Crippen molar-refractivity contribution in [1.29, 1.82) is 0 Å². The van der Waals surface area contributed by atoms with Crippen molar-refractivity contribution in [3.8, 4) is 0 Å². The highest BCUT2D eigenvalue weighted by molar-refractivity contribution is 7.91. The minimum atomic E-state index is -3.69. The van der Waals surface area contributed by atoms with E-state index < -0.39 is 16.1 Å². The molecule has 0 saturated carbocycles. The summed E-state index contributed by atoms with van der Waals surface area (Å²) in [5.74, 6) is -0.496. The van der Waals surface area contributed by atoms with Crippen molar-refractivity contribution in [3.63, 3.8) is 0 Å². The van der Waals surface area contributed by atoms with Crippen LogP contribution in [0.2, 0.25) is 0 Å². The first-order valence-electron chi connectivity index (χ1n) is 7.68. The van der Waals surface area contributed by atoms with Gasteiger partial charge in [0.2, 0.25) is 5.91 Å². The molecule has 1 aromatic heterocycles. The van der Waals surface area contributed by atoms with E-state index in [-0.39, 0.29) is 16.0 Å². The van der Waals surface area contributed by atoms with E-state index in [4.69, 9.17) is 0 Å². The molecule has 130 valence electrons. The average molecular weight is 367 g/mol. The number of hydrogen-bond donors (Lipinski definition) is 2. The van der Waals surface area contributed by atoms with Gasteiger partial charge in [-0.15, -0.1) is 11.3 Å². The summed E-state index contributed by atoms with van der Waals surface area (Å²) in [4.78, 5) is 12.5. The van der Waals surface area contributed by atoms with Crippen LogP contribution in [0.5, 0.6) is 0 Å². The lowest BCUT2D eigenvalue weighted by atomic mass is 10.0. The SMILES string of the molecule is Cc1cccc(CNC(=O)C(NS(=O)(=O)c2cccs2)C(C)C)c1. The second-order valence-corrected chi connectivity index (χ2v) is 8.87. The second-order valence-electron chi connectivity index (χ2n) is 5.98. The molecule has 2 N–H and O–H groups in total. The molecule has 0 fully saturated rings. The van der Waals surface area contributed by atoms with Crippen LogP contribution in [0, 0.1) is 12.8 Å². The standard InChI is InChI=1S/C17H22N2O3S2/c1-12(2)16(19-24(21,22)15-8-5-9-23-15)17(20)18-11-14-7-4-6-13(3)10-14/h4-10,12,16,19H,11H2,1-3H3,(H,18,20). The molecule has 2 aromatic rings. The molecule has 0 aliphatic rings. The van der Waals surface area contributed by atoms with Gasteiger partial charge in [0.1, 0.15) is 10.3 Å². The van der Waals surface area contributed by atoms with Gasteiger partial charge in [-0.1, -0.05) is 49.7 Å². The van der Waals surface area contributed by atoms with Crippen molar-refractivity contribution >= 4 is 27.3 Å². The molecule has 1 unspecified atom stereocenters. The van der Waals surface area contributed by atoms with Crippen molar-refractivity contribution in [1.82, 2.24) is 10.0 Å². The number of sulfonamides is 1. The summed E-state index contributed by atoms with van der Waals surface area (Å²) in [6.45, 7) is 5.98. The summed E-state index contributed by atoms with van der Waals surface area (Å²) in [7, 11) is -3.69. The number of amides is 1. The van der Waals surface area contributed by atoms with Gasteiger partial charge in [-0.05, 0) is 29.9 Å². The van der Waals surface area contributed by atoms with Gasteiger partial charge in [0, 0.05) is 6.54 Å². The number of nitrogens with one attached hydrogen (secondary N) is 2. The number of aryl methyl sites for hydroxylation is 1. The lowest BCUT2D eigenvalue weighted by Crippen LogP contribution is -2.49. The van der Waals surface area contributed by atoms with Crippen LogP contribution >= 0.6 is 11.3 Å². The van der Waals surface area contributed by atoms with Gasteiger partial charge in [-0.25, -0.2) is 8.42 Å². The highest BCUT2D eigenvalue weighted by Gasteiger charge is 2.28. The molecule has 0 aliphatic carbocycles. The molecule has 1 amide bonds. The van der Waals surface area contributed by atoms with Crippen LogP contribution < -0.4 is 10.0 Å². The monoisotopic (exact) mass is 366 g/mol. The van der Waals surface area contributed by atoms with E-state index in [1.54, 1.807) is 11.4 Å². The summed E-state index contributed by atoms with van der Waals surface area (Å²) in [5, 5.41) is 4.50. The normalized spacial score (nSPS) is 13.0. The maximum Gasteiger partial charge on any atom is 0.250 e. The quantitative estimate of drug-likeness (QED) is 0.791. The lowest BCUT2D eigenvalue weighted by molar-refractivity contribution is -0.123. The third-order valence-corrected chi connectivity index (χ3v) is 6.38. The molecule has 2 rings (SSSR count). The largest absolute Gasteiger partial charge is 0.351 e. The summed E-state index contributed by atoms with van der Waals surface area (Å²) in [6, 6.07) is 10.2. The predicted octanol–water partition coefficient (Wildman–Crippen LogP) is 2.68. The highest BCUT2D eigenvalue weighted by atomic mass is 32.2. The number of benzene rings is 1. The fourth-order valence-corrected chi connectivity index (χ4v) is 4.61. The Hall–Kier alpha value is -1.70. The molecule has 1 aromatic carbocycles. The number of carbonyl (C=O) groups is 1. The predicted molar refractivity (Wildman–Crippen MR) is 96.3 cm³/mol. The Morgan fingerprint density at radius 3 is 2.54 bits per heavy atom. The van der Waals surface area contributed by atoms with Crippen molar-refractivity contribution in [2.75, 3.05) is 0 Å². The van der Waals surface area contributed by atoms with Crippen LogP contribution in [-0.4, -0.2) is 20.4 Å². The number of thiophene rings is 1. The van der Waals surface area contributed by atoms with Gasteiger partial charge in [-0.3, -0.25) is 4.79 Å². The van der Waals surface area contributed by atoms with Crippen LogP contribution in [0.4, 0.5) is 0 Å². The summed E-state index contributed by atoms with van der Waals surface area (Å²) < 4.78 is 27.4. The minimum absolute atomic E-state index is 0.169. The number of carbonyl (C=O) groups excluding carboxylic acids is 1. The summed E-state index contributed by atoms with van der Waals surface area (Å²) in [6.07, 6.45) is 0. The maximum atomic E-state index is 12.5. The molecule has 0 radical (unpaired) electrons. The number of rotatable bonds is 7. The van der Waals surface area contributed by atoms with Crippen LogP contribution in [0.15, 0.2) is 46.0 Å². The molecule has 1 heterocycles. The van der Waals surface area contributed by atoms with Gasteiger partial charge in [0.15, 0.2) is 0 Å². The molecule has 5 nitrogen and oxygen atoms in total. The van der Waals surface area contributed by atoms with Crippen molar-refractivity contribution in [2.45, 2.75) is 37.6 Å². The van der Waals surface area contributed by atoms with Crippen molar-refractivity contribution in [2.24, 2.45) is 5.92 Å². The lowest BCUT2D eigenvalue weighted by Gasteiger charge is -2.21. The summed E-state index contributed by atoms with van der Waals surface area (Å²) in [5.41, 5.74) is 2.09. The minimum Gasteiger partial charge on any atom is -0.351 e. The molecule has 0 aliphatic heterocycles. The van der Waals surface area contributed by atoms with E-state index in [2.05, 4.69) is 10.0 Å². The third-order valence-electron chi connectivity index (χ3n) is 3.54. The Balaban J connectivity index is 2.06. The van der Waals surface area contributed by atoms with E-state index in [0.29, 0.717) is 6.54 Å². The first kappa shape index (κ1) is 18.6. The first-order chi connectivity index (χ1) is 11.3. The zero-order chi connectivity index (χ0) is 17.7. The molecular weight excluding hydrogens is 344 g/mol. The smallest absolute Gasteiger partial charge is 0.250 e. The topological polar surface area (TPSA) is 75.3 Å². The highest BCUT2D eigenvalue weighted by Crippen LogP contribution is 2.17. The van der Waals surface area contributed by atoms with Crippen LogP contribution in [-0.2, 0) is 21.4 Å². The van der Waals surface area contributed by atoms with E-state index in [0.717, 1.165) is 22.5 Å². The van der Waals surface area contributed by atoms with E-state index in [1.807, 2.05) is 45.0 Å². The van der Waals surface area contributed by atoms with Gasteiger partial charge in [0.25, 0.3) is 10.0 Å².